The zero-order valence-electron chi connectivity index (χ0n) is 21.2. The molecule has 4 aromatic carbocycles. The number of amides is 1. The number of benzene rings is 4. The van der Waals surface area contributed by atoms with E-state index in [0.717, 1.165) is 48.8 Å². The monoisotopic (exact) mass is 468 g/mol. The van der Waals surface area contributed by atoms with E-state index in [4.69, 9.17) is 4.74 Å². The number of carbonyl (C=O) groups excluding carboxylic acids is 1. The van der Waals surface area contributed by atoms with Crippen molar-refractivity contribution in [3.63, 3.8) is 0 Å². The van der Waals surface area contributed by atoms with E-state index in [-0.39, 0.29) is 5.91 Å². The Bertz CT molecular complexity index is 1280. The number of carbonyl (C=O) groups is 1. The van der Waals surface area contributed by atoms with Crippen molar-refractivity contribution in [3.05, 3.63) is 90.0 Å². The molecule has 0 heterocycles. The van der Waals surface area contributed by atoms with Gasteiger partial charge < -0.3 is 14.5 Å². The van der Waals surface area contributed by atoms with Crippen molar-refractivity contribution >= 4 is 27.5 Å². The highest BCUT2D eigenvalue weighted by atomic mass is 16.5. The third-order valence-electron chi connectivity index (χ3n) is 6.84. The molecule has 0 aliphatic carbocycles. The molecule has 0 fully saturated rings. The Hall–Kier alpha value is -3.37. The fourth-order valence-corrected chi connectivity index (χ4v) is 4.79. The lowest BCUT2D eigenvalue weighted by Crippen LogP contribution is -2.32. The topological polar surface area (TPSA) is 32.8 Å². The van der Waals surface area contributed by atoms with Gasteiger partial charge in [0.2, 0.25) is 0 Å². The van der Waals surface area contributed by atoms with Crippen molar-refractivity contribution in [2.75, 3.05) is 33.3 Å². The lowest BCUT2D eigenvalue weighted by atomic mass is 10.0. The fourth-order valence-electron chi connectivity index (χ4n) is 4.79. The SMILES string of the molecule is CCN(CC)CCCCN(Cc1ccc2ccccc2c1)C(=O)c1ccc2ccccc2c1OC. The van der Waals surface area contributed by atoms with Crippen LogP contribution in [-0.2, 0) is 6.54 Å². The van der Waals surface area contributed by atoms with Gasteiger partial charge in [0.15, 0.2) is 0 Å². The van der Waals surface area contributed by atoms with Gasteiger partial charge in [-0.1, -0.05) is 80.6 Å². The molecule has 4 nitrogen and oxygen atoms in total. The first-order chi connectivity index (χ1) is 17.1. The third-order valence-corrected chi connectivity index (χ3v) is 6.84. The maximum atomic E-state index is 13.9. The van der Waals surface area contributed by atoms with E-state index in [0.29, 0.717) is 24.4 Å². The van der Waals surface area contributed by atoms with Gasteiger partial charge >= 0.3 is 0 Å². The first-order valence-corrected chi connectivity index (χ1v) is 12.7. The Morgan fingerprint density at radius 3 is 2.17 bits per heavy atom. The van der Waals surface area contributed by atoms with Gasteiger partial charge in [-0.2, -0.15) is 0 Å². The average Bonchev–Trinajstić information content (AvgIpc) is 2.91. The maximum absolute atomic E-state index is 13.9. The Kier molecular flexibility index (Phi) is 8.38. The number of hydrogen-bond donors (Lipinski definition) is 0. The quantitative estimate of drug-likeness (QED) is 0.228. The lowest BCUT2D eigenvalue weighted by Gasteiger charge is -2.25. The van der Waals surface area contributed by atoms with Gasteiger partial charge in [0, 0.05) is 18.5 Å². The van der Waals surface area contributed by atoms with Crippen molar-refractivity contribution in [3.8, 4) is 5.75 Å². The smallest absolute Gasteiger partial charge is 0.257 e. The molecule has 1 amide bonds. The molecule has 4 heteroatoms. The van der Waals surface area contributed by atoms with Crippen molar-refractivity contribution in [2.24, 2.45) is 0 Å². The zero-order chi connectivity index (χ0) is 24.6. The van der Waals surface area contributed by atoms with Crippen LogP contribution in [0.2, 0.25) is 0 Å². The summed E-state index contributed by atoms with van der Waals surface area (Å²) >= 11 is 0. The zero-order valence-corrected chi connectivity index (χ0v) is 21.2. The number of rotatable bonds is 11. The minimum atomic E-state index is 0.0172. The second kappa shape index (κ2) is 11.9. The maximum Gasteiger partial charge on any atom is 0.257 e. The first kappa shape index (κ1) is 24.7. The fraction of sp³-hybridized carbons (Fsp3) is 0.323. The summed E-state index contributed by atoms with van der Waals surface area (Å²) in [7, 11) is 1.65. The lowest BCUT2D eigenvalue weighted by molar-refractivity contribution is 0.0735. The van der Waals surface area contributed by atoms with Crippen LogP contribution in [0, 0.1) is 0 Å². The molecule has 0 N–H and O–H groups in total. The normalized spacial score (nSPS) is 11.3. The molecule has 0 saturated heterocycles. The molecular weight excluding hydrogens is 432 g/mol. The van der Waals surface area contributed by atoms with Gasteiger partial charge in [-0.3, -0.25) is 4.79 Å². The van der Waals surface area contributed by atoms with Crippen LogP contribution in [0.15, 0.2) is 78.9 Å². The average molecular weight is 469 g/mol. The van der Waals surface area contributed by atoms with Gasteiger partial charge in [0.1, 0.15) is 5.75 Å². The van der Waals surface area contributed by atoms with E-state index in [1.165, 1.54) is 10.8 Å². The predicted molar refractivity (Wildman–Crippen MR) is 146 cm³/mol. The summed E-state index contributed by atoms with van der Waals surface area (Å²) < 4.78 is 5.77. The summed E-state index contributed by atoms with van der Waals surface area (Å²) in [6.07, 6.45) is 2.03. The number of unbranched alkanes of at least 4 members (excludes halogenated alkanes) is 1. The van der Waals surface area contributed by atoms with Gasteiger partial charge in [-0.25, -0.2) is 0 Å². The molecule has 0 saturated carbocycles. The molecule has 0 radical (unpaired) electrons. The number of hydrogen-bond acceptors (Lipinski definition) is 3. The highest BCUT2D eigenvalue weighted by Gasteiger charge is 2.21. The summed E-state index contributed by atoms with van der Waals surface area (Å²) in [6.45, 7) is 8.86. The molecule has 0 unspecified atom stereocenters. The summed E-state index contributed by atoms with van der Waals surface area (Å²) in [5.74, 6) is 0.670. The van der Waals surface area contributed by atoms with Crippen molar-refractivity contribution in [1.82, 2.24) is 9.80 Å². The van der Waals surface area contributed by atoms with E-state index >= 15 is 0 Å². The Labute approximate surface area is 209 Å². The standard InChI is InChI=1S/C31H36N2O2/c1-4-32(5-2)20-10-11-21-33(23-24-16-17-25-12-6-7-14-27(25)22-24)31(34)29-19-18-26-13-8-9-15-28(26)30(29)35-3/h6-9,12-19,22H,4-5,10-11,20-21,23H2,1-3H3. The van der Waals surface area contributed by atoms with E-state index in [2.05, 4.69) is 61.2 Å². The van der Waals surface area contributed by atoms with Gasteiger partial charge in [0.25, 0.3) is 5.91 Å². The molecule has 0 spiro atoms. The van der Waals surface area contributed by atoms with Crippen LogP contribution in [0.1, 0.15) is 42.6 Å². The number of nitrogens with zero attached hydrogens (tertiary/aromatic N) is 2. The molecular formula is C31H36N2O2. The van der Waals surface area contributed by atoms with Gasteiger partial charge in [-0.15, -0.1) is 0 Å². The van der Waals surface area contributed by atoms with Crippen LogP contribution in [-0.4, -0.2) is 49.0 Å². The summed E-state index contributed by atoms with van der Waals surface area (Å²) in [6, 6.07) is 26.8. The molecule has 0 atom stereocenters. The van der Waals surface area contributed by atoms with Gasteiger partial charge in [0.05, 0.1) is 12.7 Å². The molecule has 182 valence electrons. The van der Waals surface area contributed by atoms with Crippen LogP contribution in [0.25, 0.3) is 21.5 Å². The van der Waals surface area contributed by atoms with E-state index in [9.17, 15) is 4.79 Å². The number of fused-ring (bicyclic) bond motifs is 2. The van der Waals surface area contributed by atoms with E-state index in [1.54, 1.807) is 7.11 Å². The number of ether oxygens (including phenoxy) is 1. The number of methoxy groups -OCH3 is 1. The first-order valence-electron chi connectivity index (χ1n) is 12.7. The van der Waals surface area contributed by atoms with Gasteiger partial charge in [-0.05, 0) is 66.3 Å². The summed E-state index contributed by atoms with van der Waals surface area (Å²) in [5.41, 5.74) is 1.76. The van der Waals surface area contributed by atoms with Crippen LogP contribution in [0.4, 0.5) is 0 Å². The molecule has 0 aromatic heterocycles. The van der Waals surface area contributed by atoms with Crippen molar-refractivity contribution in [2.45, 2.75) is 33.2 Å². The molecule has 35 heavy (non-hydrogen) atoms. The van der Waals surface area contributed by atoms with E-state index in [1.807, 2.05) is 41.3 Å². The molecule has 0 bridgehead atoms. The van der Waals surface area contributed by atoms with Crippen LogP contribution in [0.5, 0.6) is 5.75 Å². The molecule has 4 aromatic rings. The largest absolute Gasteiger partial charge is 0.495 e. The molecule has 4 rings (SSSR count). The van der Waals surface area contributed by atoms with Crippen LogP contribution in [0.3, 0.4) is 0 Å². The third kappa shape index (κ3) is 5.83. The van der Waals surface area contributed by atoms with Crippen molar-refractivity contribution in [1.29, 1.82) is 0 Å². The minimum absolute atomic E-state index is 0.0172. The molecule has 0 aliphatic rings. The second-order valence-electron chi connectivity index (χ2n) is 9.01. The highest BCUT2D eigenvalue weighted by Crippen LogP contribution is 2.31. The summed E-state index contributed by atoms with van der Waals surface area (Å²) in [5, 5.41) is 4.45. The van der Waals surface area contributed by atoms with Crippen molar-refractivity contribution < 1.29 is 9.53 Å². The Morgan fingerprint density at radius 1 is 0.771 bits per heavy atom. The van der Waals surface area contributed by atoms with E-state index < -0.39 is 0 Å². The molecule has 0 aliphatic heterocycles. The second-order valence-corrected chi connectivity index (χ2v) is 9.01. The Balaban J connectivity index is 1.61. The van der Waals surface area contributed by atoms with Crippen LogP contribution < -0.4 is 4.74 Å². The highest BCUT2D eigenvalue weighted by molar-refractivity contribution is 6.03. The Morgan fingerprint density at radius 2 is 1.43 bits per heavy atom. The predicted octanol–water partition coefficient (Wildman–Crippen LogP) is 6.77. The summed E-state index contributed by atoms with van der Waals surface area (Å²) in [4.78, 5) is 18.3. The minimum Gasteiger partial charge on any atom is -0.495 e. The van der Waals surface area contributed by atoms with Crippen LogP contribution >= 0.6 is 0 Å².